The Balaban J connectivity index is 2.30. The van der Waals surface area contributed by atoms with E-state index in [1.165, 1.54) is 5.56 Å². The normalized spacial score (nSPS) is 10.5. The Morgan fingerprint density at radius 3 is 2.68 bits per heavy atom. The topological polar surface area (TPSA) is 37.8 Å². The van der Waals surface area contributed by atoms with E-state index in [4.69, 9.17) is 0 Å². The number of nitrogens with zero attached hydrogens (tertiary/aromatic N) is 2. The van der Waals surface area contributed by atoms with Gasteiger partial charge in [-0.15, -0.1) is 0 Å². The second kappa shape index (κ2) is 6.48. The molecule has 0 saturated carbocycles. The zero-order chi connectivity index (χ0) is 13.8. The van der Waals surface area contributed by atoms with E-state index in [-0.39, 0.29) is 0 Å². The van der Waals surface area contributed by atoms with Gasteiger partial charge in [-0.1, -0.05) is 28.1 Å². The molecule has 0 aliphatic carbocycles. The second-order valence-corrected chi connectivity index (χ2v) is 5.93. The van der Waals surface area contributed by atoms with Gasteiger partial charge in [0.15, 0.2) is 0 Å². The molecule has 0 unspecified atom stereocenters. The lowest BCUT2D eigenvalue weighted by atomic mass is 10.1. The molecule has 2 aromatic rings. The van der Waals surface area contributed by atoms with Gasteiger partial charge in [0, 0.05) is 17.4 Å². The van der Waals surface area contributed by atoms with E-state index < -0.39 is 0 Å². The molecular formula is C14H15Br2N3. The van der Waals surface area contributed by atoms with Crippen LogP contribution in [0.15, 0.2) is 33.2 Å². The lowest BCUT2D eigenvalue weighted by Gasteiger charge is -2.10. The second-order valence-electron chi connectivity index (χ2n) is 4.22. The minimum Gasteiger partial charge on any atom is -0.369 e. The van der Waals surface area contributed by atoms with Crippen molar-refractivity contribution in [2.45, 2.75) is 20.3 Å². The summed E-state index contributed by atoms with van der Waals surface area (Å²) >= 11 is 7.00. The van der Waals surface area contributed by atoms with Crippen LogP contribution in [0.4, 0.5) is 5.82 Å². The van der Waals surface area contributed by atoms with Crippen LogP contribution in [0.5, 0.6) is 0 Å². The summed E-state index contributed by atoms with van der Waals surface area (Å²) in [4.78, 5) is 9.09. The number of anilines is 1. The van der Waals surface area contributed by atoms with Gasteiger partial charge in [0.25, 0.3) is 0 Å². The molecule has 0 fully saturated rings. The largest absolute Gasteiger partial charge is 0.369 e. The van der Waals surface area contributed by atoms with Crippen LogP contribution in [-0.2, 0) is 6.42 Å². The smallest absolute Gasteiger partial charge is 0.144 e. The quantitative estimate of drug-likeness (QED) is 0.852. The molecule has 1 N–H and O–H groups in total. The van der Waals surface area contributed by atoms with Crippen molar-refractivity contribution in [2.75, 3.05) is 11.9 Å². The Labute approximate surface area is 130 Å². The maximum atomic E-state index is 4.56. The first kappa shape index (κ1) is 14.5. The molecule has 100 valence electrons. The first-order valence-corrected chi connectivity index (χ1v) is 7.70. The molecule has 1 aromatic heterocycles. The third-order valence-corrected chi connectivity index (χ3v) is 4.10. The Morgan fingerprint density at radius 1 is 1.21 bits per heavy atom. The monoisotopic (exact) mass is 383 g/mol. The molecule has 0 amide bonds. The third kappa shape index (κ3) is 3.76. The summed E-state index contributed by atoms with van der Waals surface area (Å²) in [6.07, 6.45) is 0.728. The first-order valence-electron chi connectivity index (χ1n) is 6.11. The fraction of sp³-hybridized carbons (Fsp3) is 0.286. The molecule has 0 radical (unpaired) electrons. The zero-order valence-corrected chi connectivity index (χ0v) is 14.0. The molecule has 0 atom stereocenters. The van der Waals surface area contributed by atoms with E-state index in [1.54, 1.807) is 0 Å². The maximum Gasteiger partial charge on any atom is 0.144 e. The van der Waals surface area contributed by atoms with Crippen molar-refractivity contribution >= 4 is 37.7 Å². The molecule has 0 saturated heterocycles. The Kier molecular flexibility index (Phi) is 4.93. The van der Waals surface area contributed by atoms with Gasteiger partial charge in [-0.05, 0) is 47.5 Å². The minimum atomic E-state index is 0.728. The van der Waals surface area contributed by atoms with E-state index in [0.717, 1.165) is 39.2 Å². The molecule has 0 bridgehead atoms. The summed E-state index contributed by atoms with van der Waals surface area (Å²) in [6.45, 7) is 4.88. The van der Waals surface area contributed by atoms with Gasteiger partial charge >= 0.3 is 0 Å². The van der Waals surface area contributed by atoms with E-state index in [0.29, 0.717) is 0 Å². The summed E-state index contributed by atoms with van der Waals surface area (Å²) in [5.74, 6) is 1.69. The standard InChI is InChI=1S/C14H15Br2N3/c1-3-17-14-13(16)9(2)18-12(19-14)8-10-5-4-6-11(15)7-10/h4-7H,3,8H2,1-2H3,(H,17,18,19). The van der Waals surface area contributed by atoms with Gasteiger partial charge in [-0.3, -0.25) is 0 Å². The van der Waals surface area contributed by atoms with Crippen LogP contribution in [0, 0.1) is 6.92 Å². The molecule has 19 heavy (non-hydrogen) atoms. The van der Waals surface area contributed by atoms with Gasteiger partial charge in [0.05, 0.1) is 10.2 Å². The van der Waals surface area contributed by atoms with Gasteiger partial charge in [0.1, 0.15) is 11.6 Å². The van der Waals surface area contributed by atoms with Crippen LogP contribution in [-0.4, -0.2) is 16.5 Å². The molecule has 1 heterocycles. The predicted octanol–water partition coefficient (Wildman–Crippen LogP) is 4.33. The molecule has 0 aliphatic heterocycles. The summed E-state index contributed by atoms with van der Waals surface area (Å²) in [6, 6.07) is 8.21. The third-order valence-electron chi connectivity index (χ3n) is 2.66. The van der Waals surface area contributed by atoms with Crippen LogP contribution in [0.25, 0.3) is 0 Å². The van der Waals surface area contributed by atoms with Crippen LogP contribution in [0.2, 0.25) is 0 Å². The van der Waals surface area contributed by atoms with Crippen molar-refractivity contribution < 1.29 is 0 Å². The average Bonchev–Trinajstić information content (AvgIpc) is 2.35. The Hall–Kier alpha value is -0.940. The van der Waals surface area contributed by atoms with Crippen LogP contribution < -0.4 is 5.32 Å². The van der Waals surface area contributed by atoms with Crippen molar-refractivity contribution in [3.8, 4) is 0 Å². The lowest BCUT2D eigenvalue weighted by molar-refractivity contribution is 0.930. The van der Waals surface area contributed by atoms with Gasteiger partial charge in [0.2, 0.25) is 0 Å². The maximum absolute atomic E-state index is 4.56. The highest BCUT2D eigenvalue weighted by atomic mass is 79.9. The number of hydrogen-bond donors (Lipinski definition) is 1. The lowest BCUT2D eigenvalue weighted by Crippen LogP contribution is -2.07. The van der Waals surface area contributed by atoms with E-state index in [2.05, 4.69) is 66.2 Å². The molecular weight excluding hydrogens is 370 g/mol. The zero-order valence-electron chi connectivity index (χ0n) is 10.9. The van der Waals surface area contributed by atoms with Crippen molar-refractivity contribution in [1.82, 2.24) is 9.97 Å². The average molecular weight is 385 g/mol. The molecule has 0 spiro atoms. The van der Waals surface area contributed by atoms with Gasteiger partial charge < -0.3 is 5.32 Å². The van der Waals surface area contributed by atoms with Gasteiger partial charge in [-0.2, -0.15) is 0 Å². The summed E-state index contributed by atoms with van der Waals surface area (Å²) < 4.78 is 2.01. The van der Waals surface area contributed by atoms with E-state index in [1.807, 2.05) is 19.1 Å². The molecule has 0 aliphatic rings. The van der Waals surface area contributed by atoms with E-state index in [9.17, 15) is 0 Å². The fourth-order valence-electron chi connectivity index (χ4n) is 1.81. The predicted molar refractivity (Wildman–Crippen MR) is 85.6 cm³/mol. The highest BCUT2D eigenvalue weighted by molar-refractivity contribution is 9.10. The number of nitrogens with one attached hydrogen (secondary N) is 1. The summed E-state index contributed by atoms with van der Waals surface area (Å²) in [5, 5.41) is 3.25. The summed E-state index contributed by atoms with van der Waals surface area (Å²) in [7, 11) is 0. The van der Waals surface area contributed by atoms with Gasteiger partial charge in [-0.25, -0.2) is 9.97 Å². The molecule has 3 nitrogen and oxygen atoms in total. The van der Waals surface area contributed by atoms with Crippen molar-refractivity contribution in [1.29, 1.82) is 0 Å². The number of hydrogen-bond acceptors (Lipinski definition) is 3. The van der Waals surface area contributed by atoms with Crippen molar-refractivity contribution in [3.05, 3.63) is 50.3 Å². The fourth-order valence-corrected chi connectivity index (χ4v) is 2.57. The number of rotatable bonds is 4. The minimum absolute atomic E-state index is 0.728. The SMILES string of the molecule is CCNc1nc(Cc2cccc(Br)c2)nc(C)c1Br. The van der Waals surface area contributed by atoms with Crippen molar-refractivity contribution in [3.63, 3.8) is 0 Å². The number of halogens is 2. The summed E-state index contributed by atoms with van der Waals surface area (Å²) in [5.41, 5.74) is 2.15. The van der Waals surface area contributed by atoms with Crippen LogP contribution in [0.1, 0.15) is 24.0 Å². The Bertz CT molecular complexity index is 585. The Morgan fingerprint density at radius 2 is 2.00 bits per heavy atom. The molecule has 2 rings (SSSR count). The van der Waals surface area contributed by atoms with E-state index >= 15 is 0 Å². The highest BCUT2D eigenvalue weighted by Crippen LogP contribution is 2.24. The van der Waals surface area contributed by atoms with Crippen molar-refractivity contribution in [2.24, 2.45) is 0 Å². The highest BCUT2D eigenvalue weighted by Gasteiger charge is 2.09. The first-order chi connectivity index (χ1) is 9.10. The number of aryl methyl sites for hydroxylation is 1. The molecule has 5 heteroatoms. The van der Waals surface area contributed by atoms with Crippen LogP contribution >= 0.6 is 31.9 Å². The molecule has 1 aromatic carbocycles. The van der Waals surface area contributed by atoms with Crippen LogP contribution in [0.3, 0.4) is 0 Å². The number of benzene rings is 1. The number of aromatic nitrogens is 2.